The number of esters is 1. The normalized spacial score (nSPS) is 28.2. The van der Waals surface area contributed by atoms with E-state index in [1.54, 1.807) is 6.08 Å². The van der Waals surface area contributed by atoms with Crippen molar-refractivity contribution in [2.75, 3.05) is 14.2 Å². The minimum Gasteiger partial charge on any atom is -0.468 e. The second kappa shape index (κ2) is 5.65. The van der Waals surface area contributed by atoms with Gasteiger partial charge in [0, 0.05) is 17.2 Å². The Hall–Kier alpha value is -0.170. The summed E-state index contributed by atoms with van der Waals surface area (Å²) in [7, 11) is 2.64. The number of hydrogen-bond donors (Lipinski definition) is 0. The van der Waals surface area contributed by atoms with Crippen molar-refractivity contribution in [2.24, 2.45) is 5.92 Å². The lowest BCUT2D eigenvalue weighted by Crippen LogP contribution is -2.42. The standard InChI is InChI=1S/C10H9Br2ClO4/c1-16-9(15)7-6(8(13)14)3-5(11)4-10(7,12)17-2/h3-4,7H,1-2H3. The first-order chi connectivity index (χ1) is 7.85. The van der Waals surface area contributed by atoms with Crippen LogP contribution in [0.25, 0.3) is 0 Å². The molecule has 0 aromatic rings. The van der Waals surface area contributed by atoms with Crippen LogP contribution >= 0.6 is 43.5 Å². The van der Waals surface area contributed by atoms with Crippen LogP contribution in [0.1, 0.15) is 0 Å². The highest BCUT2D eigenvalue weighted by molar-refractivity contribution is 9.12. The molecule has 1 rings (SSSR count). The van der Waals surface area contributed by atoms with Gasteiger partial charge < -0.3 is 9.47 Å². The third-order valence-corrected chi connectivity index (χ3v) is 4.00. The smallest absolute Gasteiger partial charge is 0.317 e. The zero-order chi connectivity index (χ0) is 13.2. The first-order valence-corrected chi connectivity index (χ1v) is 6.43. The van der Waals surface area contributed by atoms with E-state index in [0.717, 1.165) is 0 Å². The Kier molecular flexibility index (Phi) is 4.95. The Balaban J connectivity index is 3.31. The first-order valence-electron chi connectivity index (χ1n) is 4.47. The molecular weight excluding hydrogens is 379 g/mol. The van der Waals surface area contributed by atoms with Gasteiger partial charge in [0.15, 0.2) is 4.51 Å². The lowest BCUT2D eigenvalue weighted by Gasteiger charge is -2.33. The quantitative estimate of drug-likeness (QED) is 0.424. The number of alkyl halides is 1. The van der Waals surface area contributed by atoms with E-state index in [2.05, 4.69) is 36.6 Å². The van der Waals surface area contributed by atoms with Crippen LogP contribution in [0, 0.1) is 5.92 Å². The number of rotatable bonds is 3. The minimum absolute atomic E-state index is 0.103. The molecule has 0 saturated carbocycles. The van der Waals surface area contributed by atoms with Crippen LogP contribution in [0.4, 0.5) is 0 Å². The van der Waals surface area contributed by atoms with Gasteiger partial charge in [0.05, 0.1) is 7.11 Å². The Morgan fingerprint density at radius 3 is 2.47 bits per heavy atom. The molecule has 1 aliphatic rings. The van der Waals surface area contributed by atoms with E-state index in [0.29, 0.717) is 4.48 Å². The monoisotopic (exact) mass is 386 g/mol. The van der Waals surface area contributed by atoms with Gasteiger partial charge >= 0.3 is 5.97 Å². The fourth-order valence-corrected chi connectivity index (χ4v) is 3.25. The molecule has 0 aromatic carbocycles. The second-order valence-corrected chi connectivity index (χ2v) is 5.76. The van der Waals surface area contributed by atoms with E-state index in [1.807, 2.05) is 0 Å². The zero-order valence-electron chi connectivity index (χ0n) is 9.00. The summed E-state index contributed by atoms with van der Waals surface area (Å²) in [5.74, 6) is -1.57. The van der Waals surface area contributed by atoms with Gasteiger partial charge in [0.2, 0.25) is 5.24 Å². The van der Waals surface area contributed by atoms with Crippen LogP contribution in [-0.4, -0.2) is 29.9 Å². The predicted molar refractivity (Wildman–Crippen MR) is 70.1 cm³/mol. The highest BCUT2D eigenvalue weighted by Crippen LogP contribution is 2.42. The van der Waals surface area contributed by atoms with Crippen LogP contribution in [0.3, 0.4) is 0 Å². The zero-order valence-corrected chi connectivity index (χ0v) is 12.9. The summed E-state index contributed by atoms with van der Waals surface area (Å²) in [6.07, 6.45) is 3.08. The number of allylic oxidation sites excluding steroid dienone is 2. The lowest BCUT2D eigenvalue weighted by molar-refractivity contribution is -0.148. The molecule has 2 atom stereocenters. The van der Waals surface area contributed by atoms with Crippen LogP contribution in [0.15, 0.2) is 22.2 Å². The van der Waals surface area contributed by atoms with Crippen molar-refractivity contribution in [3.8, 4) is 0 Å². The molecule has 0 bridgehead atoms. The van der Waals surface area contributed by atoms with Crippen molar-refractivity contribution in [3.05, 3.63) is 22.2 Å². The summed E-state index contributed by atoms with van der Waals surface area (Å²) in [6, 6.07) is 0. The lowest BCUT2D eigenvalue weighted by atomic mass is 9.89. The molecule has 0 radical (unpaired) electrons. The molecule has 94 valence electrons. The Morgan fingerprint density at radius 1 is 1.47 bits per heavy atom. The minimum atomic E-state index is -1.16. The van der Waals surface area contributed by atoms with E-state index >= 15 is 0 Å². The Bertz CT molecular complexity index is 419. The molecule has 0 fully saturated rings. The van der Waals surface area contributed by atoms with Gasteiger partial charge in [-0.2, -0.15) is 0 Å². The number of ether oxygens (including phenoxy) is 2. The van der Waals surface area contributed by atoms with E-state index in [-0.39, 0.29) is 5.57 Å². The predicted octanol–water partition coefficient (Wildman–Crippen LogP) is 2.50. The molecular formula is C10H9Br2ClO4. The maximum Gasteiger partial charge on any atom is 0.317 e. The summed E-state index contributed by atoms with van der Waals surface area (Å²) in [5.41, 5.74) is 0.103. The highest BCUT2D eigenvalue weighted by atomic mass is 79.9. The van der Waals surface area contributed by atoms with Gasteiger partial charge in [-0.3, -0.25) is 9.59 Å². The molecule has 0 spiro atoms. The van der Waals surface area contributed by atoms with Crippen molar-refractivity contribution in [1.29, 1.82) is 0 Å². The van der Waals surface area contributed by atoms with Crippen LogP contribution in [-0.2, 0) is 19.1 Å². The van der Waals surface area contributed by atoms with Gasteiger partial charge in [-0.25, -0.2) is 0 Å². The van der Waals surface area contributed by atoms with Gasteiger partial charge in [0.25, 0.3) is 0 Å². The Morgan fingerprint density at radius 2 is 2.06 bits per heavy atom. The fraction of sp³-hybridized carbons (Fsp3) is 0.400. The van der Waals surface area contributed by atoms with Gasteiger partial charge in [-0.1, -0.05) is 15.9 Å². The molecule has 7 heteroatoms. The molecule has 2 unspecified atom stereocenters. The molecule has 0 aliphatic heterocycles. The van der Waals surface area contributed by atoms with E-state index in [4.69, 9.17) is 16.3 Å². The summed E-state index contributed by atoms with van der Waals surface area (Å²) < 4.78 is 9.30. The topological polar surface area (TPSA) is 52.6 Å². The maximum atomic E-state index is 11.7. The maximum absolute atomic E-state index is 11.7. The van der Waals surface area contributed by atoms with Crippen molar-refractivity contribution in [1.82, 2.24) is 0 Å². The largest absolute Gasteiger partial charge is 0.468 e. The van der Waals surface area contributed by atoms with Gasteiger partial charge in [-0.05, 0) is 39.7 Å². The van der Waals surface area contributed by atoms with Crippen molar-refractivity contribution in [3.63, 3.8) is 0 Å². The number of methoxy groups -OCH3 is 2. The average Bonchev–Trinajstić information content (AvgIpc) is 2.27. The molecule has 0 saturated heterocycles. The van der Waals surface area contributed by atoms with E-state index in [1.165, 1.54) is 20.3 Å². The molecule has 0 aromatic heterocycles. The number of carbonyl (C=O) groups excluding carboxylic acids is 2. The number of carbonyl (C=O) groups is 2. The van der Waals surface area contributed by atoms with Crippen LogP contribution in [0.5, 0.6) is 0 Å². The summed E-state index contributed by atoms with van der Waals surface area (Å²) >= 11 is 12.0. The fourth-order valence-electron chi connectivity index (χ4n) is 1.51. The number of halogens is 3. The molecule has 1 aliphatic carbocycles. The van der Waals surface area contributed by atoms with Crippen molar-refractivity contribution >= 4 is 54.7 Å². The summed E-state index contributed by atoms with van der Waals surface area (Å²) in [6.45, 7) is 0. The van der Waals surface area contributed by atoms with Crippen LogP contribution < -0.4 is 0 Å². The Labute approximate surface area is 120 Å². The third kappa shape index (κ3) is 2.99. The molecule has 0 N–H and O–H groups in total. The molecule has 4 nitrogen and oxygen atoms in total. The van der Waals surface area contributed by atoms with Gasteiger partial charge in [-0.15, -0.1) is 0 Å². The molecule has 17 heavy (non-hydrogen) atoms. The molecule has 0 amide bonds. The number of hydrogen-bond acceptors (Lipinski definition) is 4. The molecule has 0 heterocycles. The second-order valence-electron chi connectivity index (χ2n) is 3.26. The third-order valence-electron chi connectivity index (χ3n) is 2.31. The highest BCUT2D eigenvalue weighted by Gasteiger charge is 2.47. The average molecular weight is 388 g/mol. The first kappa shape index (κ1) is 14.9. The van der Waals surface area contributed by atoms with Crippen molar-refractivity contribution in [2.45, 2.75) is 4.51 Å². The van der Waals surface area contributed by atoms with E-state index in [9.17, 15) is 9.59 Å². The van der Waals surface area contributed by atoms with Gasteiger partial charge in [0.1, 0.15) is 5.92 Å². The summed E-state index contributed by atoms with van der Waals surface area (Å²) in [4.78, 5) is 23.1. The van der Waals surface area contributed by atoms with E-state index < -0.39 is 21.6 Å². The van der Waals surface area contributed by atoms with Crippen LogP contribution in [0.2, 0.25) is 0 Å². The van der Waals surface area contributed by atoms with Crippen molar-refractivity contribution < 1.29 is 19.1 Å². The summed E-state index contributed by atoms with van der Waals surface area (Å²) in [5, 5.41) is -0.730. The SMILES string of the molecule is COC(=O)C1C(C(=O)Cl)=CC(Br)=CC1(Br)OC.